The predicted octanol–water partition coefficient (Wildman–Crippen LogP) is 3.00. The molecule has 5 rings (SSSR count). The highest BCUT2D eigenvalue weighted by Gasteiger charge is 2.24. The second-order valence-electron chi connectivity index (χ2n) is 9.15. The number of benzene rings is 1. The number of nitrogens with one attached hydrogen (secondary N) is 1. The summed E-state index contributed by atoms with van der Waals surface area (Å²) >= 11 is 0. The average molecular weight is 526 g/mol. The fourth-order valence-corrected chi connectivity index (χ4v) is 5.67. The van der Waals surface area contributed by atoms with Crippen LogP contribution in [0, 0.1) is 0 Å². The Morgan fingerprint density at radius 2 is 1.86 bits per heavy atom. The number of fused-ring (bicyclic) bond motifs is 1. The number of hydrogen-bond donors (Lipinski definition) is 1. The largest absolute Gasteiger partial charge is 0.355 e. The van der Waals surface area contributed by atoms with Crippen LogP contribution in [-0.4, -0.2) is 83.9 Å². The molecular formula is C25H31N7O4S. The molecule has 0 bridgehead atoms. The van der Waals surface area contributed by atoms with Crippen molar-refractivity contribution in [1.29, 1.82) is 0 Å². The van der Waals surface area contributed by atoms with E-state index >= 15 is 0 Å². The maximum Gasteiger partial charge on any atom is 0.180 e. The van der Waals surface area contributed by atoms with Crippen molar-refractivity contribution in [2.75, 3.05) is 45.4 Å². The molecule has 4 aromatic rings. The molecule has 1 aliphatic heterocycles. The highest BCUT2D eigenvalue weighted by molar-refractivity contribution is 7.90. The molecule has 0 amide bonds. The third-order valence-corrected chi connectivity index (χ3v) is 7.87. The van der Waals surface area contributed by atoms with E-state index in [0.717, 1.165) is 38.2 Å². The molecule has 1 aromatic carbocycles. The van der Waals surface area contributed by atoms with Crippen molar-refractivity contribution in [2.24, 2.45) is 0 Å². The summed E-state index contributed by atoms with van der Waals surface area (Å²) < 4.78 is 39.2. The van der Waals surface area contributed by atoms with Gasteiger partial charge in [-0.25, -0.2) is 18.4 Å². The molecule has 12 heteroatoms. The minimum atomic E-state index is -3.42. The molecule has 1 saturated heterocycles. The Labute approximate surface area is 216 Å². The van der Waals surface area contributed by atoms with Crippen LogP contribution in [0.4, 0.5) is 11.5 Å². The van der Waals surface area contributed by atoms with Crippen LogP contribution in [0.15, 0.2) is 60.1 Å². The quantitative estimate of drug-likeness (QED) is 0.329. The summed E-state index contributed by atoms with van der Waals surface area (Å²) in [4.78, 5) is 11.7. The lowest BCUT2D eigenvalue weighted by molar-refractivity contribution is -0.118. The van der Waals surface area contributed by atoms with Crippen LogP contribution in [-0.2, 0) is 19.3 Å². The normalized spacial score (nSPS) is 15.6. The lowest BCUT2D eigenvalue weighted by Gasteiger charge is -2.33. The van der Waals surface area contributed by atoms with E-state index in [2.05, 4.69) is 25.3 Å². The summed E-state index contributed by atoms with van der Waals surface area (Å²) in [6.45, 7) is 2.65. The van der Waals surface area contributed by atoms with Crippen LogP contribution in [0.5, 0.6) is 0 Å². The first kappa shape index (κ1) is 25.3. The fraction of sp³-hybridized carbons (Fsp3) is 0.400. The summed E-state index contributed by atoms with van der Waals surface area (Å²) in [7, 11) is -0.0960. The molecule has 1 aliphatic rings. The van der Waals surface area contributed by atoms with Crippen molar-refractivity contribution < 1.29 is 17.9 Å². The van der Waals surface area contributed by atoms with Gasteiger partial charge in [-0.1, -0.05) is 18.2 Å². The van der Waals surface area contributed by atoms with Crippen LogP contribution in [0.3, 0.4) is 0 Å². The maximum absolute atomic E-state index is 12.4. The third-order valence-electron chi connectivity index (χ3n) is 6.72. The zero-order chi connectivity index (χ0) is 26.0. The number of rotatable bonds is 9. The summed E-state index contributed by atoms with van der Waals surface area (Å²) in [6.07, 6.45) is 11.9. The van der Waals surface area contributed by atoms with E-state index in [1.807, 2.05) is 21.3 Å². The molecule has 0 aliphatic carbocycles. The number of piperidine rings is 1. The molecule has 37 heavy (non-hydrogen) atoms. The smallest absolute Gasteiger partial charge is 0.180 e. The van der Waals surface area contributed by atoms with Crippen molar-refractivity contribution >= 4 is 27.0 Å². The van der Waals surface area contributed by atoms with Gasteiger partial charge in [0.1, 0.15) is 0 Å². The Hall–Kier alpha value is -3.32. The molecule has 1 N–H and O–H groups in total. The van der Waals surface area contributed by atoms with E-state index in [0.29, 0.717) is 28.8 Å². The Morgan fingerprint density at radius 3 is 2.59 bits per heavy atom. The van der Waals surface area contributed by atoms with Crippen LogP contribution in [0.25, 0.3) is 16.9 Å². The van der Waals surface area contributed by atoms with Gasteiger partial charge in [-0.15, -0.1) is 0 Å². The standard InChI is InChI=1S/C25H31N7O4S/c1-35-23(36-2)17-30-11-8-19(9-12-30)32-16-18(14-28-32)29-24-25-26-10-13-31(25)21(15-27-24)20-6-4-5-7-22(20)37(3,33)34/h4-7,10,13-16,19,23H,8-9,11-12,17H2,1-3H3,(H,27,29). The van der Waals surface area contributed by atoms with Gasteiger partial charge in [0.05, 0.1) is 34.7 Å². The predicted molar refractivity (Wildman–Crippen MR) is 140 cm³/mol. The molecule has 0 radical (unpaired) electrons. The van der Waals surface area contributed by atoms with E-state index in [4.69, 9.17) is 9.47 Å². The first-order valence-electron chi connectivity index (χ1n) is 12.1. The SMILES string of the molecule is COC(CN1CCC(n2cc(Nc3ncc(-c4ccccc4S(C)(=O)=O)n4ccnc34)cn2)CC1)OC. The number of aromatic nitrogens is 5. The fourth-order valence-electron chi connectivity index (χ4n) is 4.77. The number of methoxy groups -OCH3 is 2. The van der Waals surface area contributed by atoms with Gasteiger partial charge >= 0.3 is 0 Å². The molecule has 196 valence electrons. The van der Waals surface area contributed by atoms with Crippen molar-refractivity contribution in [3.05, 3.63) is 55.2 Å². The van der Waals surface area contributed by atoms with E-state index in [9.17, 15) is 8.42 Å². The van der Waals surface area contributed by atoms with E-state index in [1.54, 1.807) is 57.2 Å². The van der Waals surface area contributed by atoms with Crippen molar-refractivity contribution in [3.8, 4) is 11.3 Å². The number of sulfone groups is 1. The Balaban J connectivity index is 1.33. The van der Waals surface area contributed by atoms with Crippen molar-refractivity contribution in [1.82, 2.24) is 29.0 Å². The second-order valence-corrected chi connectivity index (χ2v) is 11.1. The number of likely N-dealkylation sites (tertiary alicyclic amines) is 1. The van der Waals surface area contributed by atoms with Crippen LogP contribution in [0.2, 0.25) is 0 Å². The van der Waals surface area contributed by atoms with Gasteiger partial charge in [0.2, 0.25) is 0 Å². The van der Waals surface area contributed by atoms with E-state index < -0.39 is 9.84 Å². The van der Waals surface area contributed by atoms with Gasteiger partial charge in [0.25, 0.3) is 0 Å². The van der Waals surface area contributed by atoms with Gasteiger partial charge in [0, 0.05) is 64.3 Å². The first-order chi connectivity index (χ1) is 17.9. The number of anilines is 2. The van der Waals surface area contributed by atoms with Gasteiger partial charge in [-0.05, 0) is 18.9 Å². The molecular weight excluding hydrogens is 494 g/mol. The molecule has 4 heterocycles. The lowest BCUT2D eigenvalue weighted by Crippen LogP contribution is -2.40. The van der Waals surface area contributed by atoms with Gasteiger partial charge in [-0.2, -0.15) is 5.10 Å². The topological polar surface area (TPSA) is 116 Å². The minimum Gasteiger partial charge on any atom is -0.355 e. The monoisotopic (exact) mass is 525 g/mol. The third kappa shape index (κ3) is 5.37. The van der Waals surface area contributed by atoms with Crippen LogP contribution >= 0.6 is 0 Å². The van der Waals surface area contributed by atoms with Crippen molar-refractivity contribution in [2.45, 2.75) is 30.1 Å². The highest BCUT2D eigenvalue weighted by Crippen LogP contribution is 2.30. The number of ether oxygens (including phenoxy) is 2. The molecule has 1 fully saturated rings. The number of hydrogen-bond acceptors (Lipinski definition) is 9. The zero-order valence-corrected chi connectivity index (χ0v) is 21.9. The average Bonchev–Trinajstić information content (AvgIpc) is 3.58. The first-order valence-corrected chi connectivity index (χ1v) is 14.0. The molecule has 0 saturated carbocycles. The number of imidazole rings is 1. The molecule has 0 atom stereocenters. The Bertz CT molecular complexity index is 1470. The summed E-state index contributed by atoms with van der Waals surface area (Å²) in [5, 5.41) is 7.92. The van der Waals surface area contributed by atoms with E-state index in [1.165, 1.54) is 6.26 Å². The molecule has 0 unspecified atom stereocenters. The van der Waals surface area contributed by atoms with Crippen LogP contribution in [0.1, 0.15) is 18.9 Å². The van der Waals surface area contributed by atoms with Gasteiger partial charge in [-0.3, -0.25) is 14.0 Å². The summed E-state index contributed by atoms with van der Waals surface area (Å²) in [6, 6.07) is 7.22. The molecule has 0 spiro atoms. The van der Waals surface area contributed by atoms with Crippen molar-refractivity contribution in [3.63, 3.8) is 0 Å². The highest BCUT2D eigenvalue weighted by atomic mass is 32.2. The van der Waals surface area contributed by atoms with Crippen LogP contribution < -0.4 is 5.32 Å². The zero-order valence-electron chi connectivity index (χ0n) is 21.1. The lowest BCUT2D eigenvalue weighted by atomic mass is 10.1. The minimum absolute atomic E-state index is 0.213. The Morgan fingerprint density at radius 1 is 1.11 bits per heavy atom. The number of nitrogens with zero attached hydrogens (tertiary/aromatic N) is 6. The second kappa shape index (κ2) is 10.6. The Kier molecular flexibility index (Phi) is 7.24. The summed E-state index contributed by atoms with van der Waals surface area (Å²) in [5.74, 6) is 0.560. The van der Waals surface area contributed by atoms with Gasteiger partial charge < -0.3 is 14.8 Å². The summed E-state index contributed by atoms with van der Waals surface area (Å²) in [5.41, 5.74) is 2.62. The van der Waals surface area contributed by atoms with Gasteiger partial charge in [0.15, 0.2) is 27.6 Å². The van der Waals surface area contributed by atoms with E-state index in [-0.39, 0.29) is 11.2 Å². The molecule has 3 aromatic heterocycles. The molecule has 11 nitrogen and oxygen atoms in total. The maximum atomic E-state index is 12.4.